The number of aromatic nitrogens is 1. The van der Waals surface area contributed by atoms with Crippen LogP contribution < -0.4 is 11.1 Å². The summed E-state index contributed by atoms with van der Waals surface area (Å²) < 4.78 is 7.04. The number of aryl methyl sites for hydroxylation is 1. The summed E-state index contributed by atoms with van der Waals surface area (Å²) in [6, 6.07) is 5.79. The number of nitrogens with two attached hydrogens (primary N) is 1. The molecule has 5 nitrogen and oxygen atoms in total. The van der Waals surface area contributed by atoms with Gasteiger partial charge in [0.1, 0.15) is 0 Å². The summed E-state index contributed by atoms with van der Waals surface area (Å²) in [6.45, 7) is 2.76. The van der Waals surface area contributed by atoms with Crippen molar-refractivity contribution in [3.8, 4) is 0 Å². The van der Waals surface area contributed by atoms with Crippen LogP contribution in [-0.2, 0) is 22.6 Å². The number of carbonyl (C=O) groups is 1. The van der Waals surface area contributed by atoms with E-state index < -0.39 is 0 Å². The quantitative estimate of drug-likeness (QED) is 0.732. The van der Waals surface area contributed by atoms with Gasteiger partial charge >= 0.3 is 0 Å². The Balaban J connectivity index is 2.22. The van der Waals surface area contributed by atoms with Crippen molar-refractivity contribution in [3.05, 3.63) is 35.0 Å². The molecule has 1 aromatic carbocycles. The van der Waals surface area contributed by atoms with Crippen LogP contribution in [0.1, 0.15) is 12.0 Å². The maximum atomic E-state index is 11.0. The number of nitrogens with zero attached hydrogens (tertiary/aromatic N) is 1. The van der Waals surface area contributed by atoms with E-state index in [1.165, 1.54) is 5.56 Å². The molecule has 0 aliphatic rings. The number of rotatable bonds is 8. The zero-order valence-corrected chi connectivity index (χ0v) is 12.8. The summed E-state index contributed by atoms with van der Waals surface area (Å²) in [4.78, 5) is 11.0. The predicted octanol–water partition coefficient (Wildman–Crippen LogP) is 1.91. The average Bonchev–Trinajstić information content (AvgIpc) is 2.79. The lowest BCUT2D eigenvalue weighted by molar-refractivity contribution is -0.118. The maximum absolute atomic E-state index is 11.0. The highest BCUT2D eigenvalue weighted by Crippen LogP contribution is 2.25. The van der Waals surface area contributed by atoms with Crippen molar-refractivity contribution < 1.29 is 9.53 Å². The van der Waals surface area contributed by atoms with Crippen LogP contribution in [0.3, 0.4) is 0 Å². The van der Waals surface area contributed by atoms with Gasteiger partial charge in [-0.2, -0.15) is 0 Å². The van der Waals surface area contributed by atoms with E-state index in [4.69, 9.17) is 22.1 Å². The molecular weight excluding hydrogens is 290 g/mol. The molecule has 1 heterocycles. The molecule has 6 heteroatoms. The van der Waals surface area contributed by atoms with Gasteiger partial charge in [0.25, 0.3) is 0 Å². The molecule has 0 unspecified atom stereocenters. The van der Waals surface area contributed by atoms with Crippen molar-refractivity contribution in [2.24, 2.45) is 5.73 Å². The number of primary amides is 1. The first-order valence-electron chi connectivity index (χ1n) is 6.87. The second-order valence-corrected chi connectivity index (χ2v) is 5.33. The number of halogens is 1. The summed E-state index contributed by atoms with van der Waals surface area (Å²) in [5, 5.41) is 5.14. The topological polar surface area (TPSA) is 69.3 Å². The van der Waals surface area contributed by atoms with Gasteiger partial charge in [0, 0.05) is 55.3 Å². The first-order valence-corrected chi connectivity index (χ1v) is 7.25. The average molecular weight is 310 g/mol. The molecule has 0 spiro atoms. The summed E-state index contributed by atoms with van der Waals surface area (Å²) in [7, 11) is 1.68. The van der Waals surface area contributed by atoms with E-state index >= 15 is 0 Å². The standard InChI is InChI=1S/C15H20ClN3O2/c1-21-7-5-18-9-11-10-19(6-4-15(17)20)14-8-12(16)2-3-13(11)14/h2-3,8,10,18H,4-7,9H2,1H3,(H2,17,20). The fourth-order valence-electron chi connectivity index (χ4n) is 2.29. The van der Waals surface area contributed by atoms with Crippen LogP contribution in [0.4, 0.5) is 0 Å². The number of hydrogen-bond donors (Lipinski definition) is 2. The number of nitrogens with one attached hydrogen (secondary N) is 1. The van der Waals surface area contributed by atoms with E-state index in [2.05, 4.69) is 5.32 Å². The van der Waals surface area contributed by atoms with E-state index in [0.717, 1.165) is 24.0 Å². The van der Waals surface area contributed by atoms with Gasteiger partial charge in [-0.1, -0.05) is 17.7 Å². The van der Waals surface area contributed by atoms with Gasteiger partial charge in [-0.3, -0.25) is 4.79 Å². The molecule has 0 radical (unpaired) electrons. The van der Waals surface area contributed by atoms with Gasteiger partial charge in [-0.15, -0.1) is 0 Å². The lowest BCUT2D eigenvalue weighted by Gasteiger charge is -2.03. The van der Waals surface area contributed by atoms with Gasteiger partial charge in [0.2, 0.25) is 5.91 Å². The van der Waals surface area contributed by atoms with Crippen LogP contribution in [0.15, 0.2) is 24.4 Å². The zero-order valence-electron chi connectivity index (χ0n) is 12.1. The number of amides is 1. The summed E-state index contributed by atoms with van der Waals surface area (Å²) in [6.07, 6.45) is 2.36. The Morgan fingerprint density at radius 3 is 3.00 bits per heavy atom. The molecular formula is C15H20ClN3O2. The van der Waals surface area contributed by atoms with Crippen molar-refractivity contribution in [1.82, 2.24) is 9.88 Å². The number of carbonyl (C=O) groups excluding carboxylic acids is 1. The highest BCUT2D eigenvalue weighted by molar-refractivity contribution is 6.31. The van der Waals surface area contributed by atoms with Gasteiger partial charge in [0.05, 0.1) is 6.61 Å². The maximum Gasteiger partial charge on any atom is 0.219 e. The van der Waals surface area contributed by atoms with Crippen LogP contribution in [-0.4, -0.2) is 30.7 Å². The summed E-state index contributed by atoms with van der Waals surface area (Å²) >= 11 is 6.07. The molecule has 114 valence electrons. The number of ether oxygens (including phenoxy) is 1. The van der Waals surface area contributed by atoms with Crippen LogP contribution in [0.2, 0.25) is 5.02 Å². The Morgan fingerprint density at radius 1 is 1.48 bits per heavy atom. The van der Waals surface area contributed by atoms with Gasteiger partial charge < -0.3 is 20.4 Å². The van der Waals surface area contributed by atoms with E-state index in [9.17, 15) is 4.79 Å². The largest absolute Gasteiger partial charge is 0.383 e. The molecule has 21 heavy (non-hydrogen) atoms. The molecule has 0 atom stereocenters. The van der Waals surface area contributed by atoms with Gasteiger partial charge in [-0.05, 0) is 17.7 Å². The van der Waals surface area contributed by atoms with E-state index in [1.54, 1.807) is 7.11 Å². The minimum absolute atomic E-state index is 0.307. The minimum atomic E-state index is -0.307. The monoisotopic (exact) mass is 309 g/mol. The number of methoxy groups -OCH3 is 1. The van der Waals surface area contributed by atoms with Crippen molar-refractivity contribution in [2.45, 2.75) is 19.5 Å². The number of fused-ring (bicyclic) bond motifs is 1. The van der Waals surface area contributed by atoms with Crippen LogP contribution >= 0.6 is 11.6 Å². The zero-order chi connectivity index (χ0) is 15.2. The van der Waals surface area contributed by atoms with Crippen molar-refractivity contribution in [2.75, 3.05) is 20.3 Å². The molecule has 3 N–H and O–H groups in total. The predicted molar refractivity (Wildman–Crippen MR) is 84.3 cm³/mol. The first kappa shape index (κ1) is 15.8. The second-order valence-electron chi connectivity index (χ2n) is 4.90. The fourth-order valence-corrected chi connectivity index (χ4v) is 2.46. The van der Waals surface area contributed by atoms with E-state index in [0.29, 0.717) is 24.6 Å². The smallest absolute Gasteiger partial charge is 0.219 e. The van der Waals surface area contributed by atoms with Crippen molar-refractivity contribution in [3.63, 3.8) is 0 Å². The van der Waals surface area contributed by atoms with Crippen molar-refractivity contribution in [1.29, 1.82) is 0 Å². The lowest BCUT2D eigenvalue weighted by atomic mass is 10.2. The van der Waals surface area contributed by atoms with Crippen LogP contribution in [0.25, 0.3) is 10.9 Å². The second kappa shape index (κ2) is 7.45. The third kappa shape index (κ3) is 4.20. The molecule has 1 aromatic heterocycles. The Hall–Kier alpha value is -1.56. The highest BCUT2D eigenvalue weighted by Gasteiger charge is 2.09. The fraction of sp³-hybridized carbons (Fsp3) is 0.400. The Kier molecular flexibility index (Phi) is 5.61. The molecule has 0 bridgehead atoms. The van der Waals surface area contributed by atoms with Crippen LogP contribution in [0.5, 0.6) is 0 Å². The third-order valence-electron chi connectivity index (χ3n) is 3.32. The van der Waals surface area contributed by atoms with E-state index in [-0.39, 0.29) is 5.91 Å². The lowest BCUT2D eigenvalue weighted by Crippen LogP contribution is -2.18. The SMILES string of the molecule is COCCNCc1cn(CCC(N)=O)c2cc(Cl)ccc12. The highest BCUT2D eigenvalue weighted by atomic mass is 35.5. The molecule has 2 aromatic rings. The minimum Gasteiger partial charge on any atom is -0.383 e. The molecule has 1 amide bonds. The van der Waals surface area contributed by atoms with E-state index in [1.807, 2.05) is 29.0 Å². The molecule has 0 saturated heterocycles. The Morgan fingerprint density at radius 2 is 2.29 bits per heavy atom. The van der Waals surface area contributed by atoms with Gasteiger partial charge in [-0.25, -0.2) is 0 Å². The summed E-state index contributed by atoms with van der Waals surface area (Å²) in [5.41, 5.74) is 7.42. The summed E-state index contributed by atoms with van der Waals surface area (Å²) in [5.74, 6) is -0.307. The number of hydrogen-bond acceptors (Lipinski definition) is 3. The van der Waals surface area contributed by atoms with Gasteiger partial charge in [0.15, 0.2) is 0 Å². The molecule has 0 aliphatic carbocycles. The Labute approximate surface area is 129 Å². The molecule has 0 saturated carbocycles. The molecule has 2 rings (SSSR count). The molecule has 0 fully saturated rings. The normalized spacial score (nSPS) is 11.1. The van der Waals surface area contributed by atoms with Crippen molar-refractivity contribution >= 4 is 28.4 Å². The third-order valence-corrected chi connectivity index (χ3v) is 3.56. The molecule has 0 aliphatic heterocycles. The Bertz CT molecular complexity index is 625. The van der Waals surface area contributed by atoms with Crippen LogP contribution in [0, 0.1) is 0 Å². The number of benzene rings is 1. The first-order chi connectivity index (χ1) is 10.1.